The predicted octanol–water partition coefficient (Wildman–Crippen LogP) is 3.82. The lowest BCUT2D eigenvalue weighted by molar-refractivity contribution is 0.0895. The molecule has 3 aromatic carbocycles. The van der Waals surface area contributed by atoms with Crippen molar-refractivity contribution >= 4 is 11.8 Å². The number of carbonyl (C=O) groups is 2. The molecule has 0 fully saturated rings. The van der Waals surface area contributed by atoms with E-state index in [9.17, 15) is 9.59 Å². The molecule has 0 radical (unpaired) electrons. The molecule has 0 aromatic heterocycles. The molecule has 0 bridgehead atoms. The molecule has 7 heteroatoms. The second-order valence-electron chi connectivity index (χ2n) is 8.52. The van der Waals surface area contributed by atoms with E-state index in [1.54, 1.807) is 33.5 Å². The topological polar surface area (TPSA) is 85.9 Å². The summed E-state index contributed by atoms with van der Waals surface area (Å²) in [7, 11) is 4.67. The fraction of sp³-hybridized carbons (Fsp3) is 0.259. The van der Waals surface area contributed by atoms with Gasteiger partial charge < -0.3 is 24.8 Å². The fourth-order valence-electron chi connectivity index (χ4n) is 5.48. The normalized spacial score (nSPS) is 22.1. The number of nitrogens with one attached hydrogen (secondary N) is 2. The van der Waals surface area contributed by atoms with Crippen LogP contribution in [0, 0.1) is 5.92 Å². The standard InChI is InChI=1S/C27H26N2O5/c1-15-22(28-25(30)16-10-6-5-7-11-16)21-19(14-20(32-2)23(33-3)24(21)34-4)27(15)18-13-9-8-12-17(18)26(31)29-27/h5-15,22H,1-4H3,(H,28,30)(H,29,31)/t15-,22-,27-/m1/s1. The Labute approximate surface area is 198 Å². The number of carbonyl (C=O) groups excluding carboxylic acids is 2. The lowest BCUT2D eigenvalue weighted by atomic mass is 9.78. The highest BCUT2D eigenvalue weighted by Crippen LogP contribution is 2.60. The number of methoxy groups -OCH3 is 3. The van der Waals surface area contributed by atoms with Crippen molar-refractivity contribution in [1.82, 2.24) is 10.6 Å². The van der Waals surface area contributed by atoms with Crippen LogP contribution in [0.4, 0.5) is 0 Å². The molecule has 2 N–H and O–H groups in total. The molecule has 5 rings (SSSR count). The van der Waals surface area contributed by atoms with Gasteiger partial charge in [-0.05, 0) is 35.4 Å². The van der Waals surface area contributed by atoms with Gasteiger partial charge in [0.25, 0.3) is 11.8 Å². The van der Waals surface area contributed by atoms with E-state index in [0.29, 0.717) is 28.4 Å². The molecule has 1 heterocycles. The summed E-state index contributed by atoms with van der Waals surface area (Å²) in [5, 5.41) is 6.44. The van der Waals surface area contributed by atoms with Gasteiger partial charge in [-0.3, -0.25) is 9.59 Å². The van der Waals surface area contributed by atoms with Crippen LogP contribution in [-0.2, 0) is 5.54 Å². The summed E-state index contributed by atoms with van der Waals surface area (Å²) >= 11 is 0. The Kier molecular flexibility index (Phi) is 5.20. The van der Waals surface area contributed by atoms with Crippen molar-refractivity contribution in [2.45, 2.75) is 18.5 Å². The molecule has 1 aliphatic heterocycles. The van der Waals surface area contributed by atoms with Crippen LogP contribution >= 0.6 is 0 Å². The molecule has 2 amide bonds. The molecule has 0 saturated carbocycles. The first-order valence-electron chi connectivity index (χ1n) is 11.1. The monoisotopic (exact) mass is 458 g/mol. The van der Waals surface area contributed by atoms with Gasteiger partial charge in [-0.15, -0.1) is 0 Å². The number of amides is 2. The maximum atomic E-state index is 13.3. The molecule has 1 aliphatic carbocycles. The molecule has 0 saturated heterocycles. The van der Waals surface area contributed by atoms with E-state index >= 15 is 0 Å². The summed E-state index contributed by atoms with van der Waals surface area (Å²) in [6.07, 6.45) is 0. The summed E-state index contributed by atoms with van der Waals surface area (Å²) in [4.78, 5) is 26.3. The molecule has 174 valence electrons. The largest absolute Gasteiger partial charge is 0.493 e. The number of hydrogen-bond acceptors (Lipinski definition) is 5. The third-order valence-corrected chi connectivity index (χ3v) is 7.02. The summed E-state index contributed by atoms with van der Waals surface area (Å²) in [5.41, 5.74) is 2.72. The average molecular weight is 459 g/mol. The van der Waals surface area contributed by atoms with Gasteiger partial charge in [-0.1, -0.05) is 43.3 Å². The molecule has 2 aliphatic rings. The maximum Gasteiger partial charge on any atom is 0.252 e. The van der Waals surface area contributed by atoms with Gasteiger partial charge in [0.15, 0.2) is 11.5 Å². The lowest BCUT2D eigenvalue weighted by Crippen LogP contribution is -2.46. The first-order chi connectivity index (χ1) is 16.5. The SMILES string of the molecule is COc1cc2c(c(OC)c1OC)[C@H](NC(=O)c1ccccc1)[C@@H](C)[C@]21NC(=O)c2ccccc21. The third kappa shape index (κ3) is 2.89. The van der Waals surface area contributed by atoms with Gasteiger partial charge in [0.1, 0.15) is 0 Å². The van der Waals surface area contributed by atoms with Crippen molar-refractivity contribution in [3.05, 3.63) is 88.5 Å². The second-order valence-corrected chi connectivity index (χ2v) is 8.52. The van der Waals surface area contributed by atoms with Crippen molar-refractivity contribution in [1.29, 1.82) is 0 Å². The number of hydrogen-bond donors (Lipinski definition) is 2. The van der Waals surface area contributed by atoms with Crippen molar-refractivity contribution < 1.29 is 23.8 Å². The number of fused-ring (bicyclic) bond motifs is 4. The zero-order valence-electron chi connectivity index (χ0n) is 19.5. The molecule has 7 nitrogen and oxygen atoms in total. The Morgan fingerprint density at radius 1 is 0.912 bits per heavy atom. The van der Waals surface area contributed by atoms with Crippen LogP contribution in [0.1, 0.15) is 50.4 Å². The van der Waals surface area contributed by atoms with Gasteiger partial charge in [0.05, 0.1) is 32.9 Å². The number of rotatable bonds is 5. The van der Waals surface area contributed by atoms with Gasteiger partial charge in [-0.2, -0.15) is 0 Å². The average Bonchev–Trinajstić information content (AvgIpc) is 3.30. The van der Waals surface area contributed by atoms with Crippen LogP contribution in [-0.4, -0.2) is 33.1 Å². The molecular formula is C27H26N2O5. The van der Waals surface area contributed by atoms with Crippen LogP contribution in [0.3, 0.4) is 0 Å². The highest BCUT2D eigenvalue weighted by Gasteiger charge is 2.58. The fourth-order valence-corrected chi connectivity index (χ4v) is 5.48. The molecule has 3 atom stereocenters. The summed E-state index contributed by atoms with van der Waals surface area (Å²) < 4.78 is 17.1. The Morgan fingerprint density at radius 3 is 2.26 bits per heavy atom. The van der Waals surface area contributed by atoms with Crippen LogP contribution < -0.4 is 24.8 Å². The van der Waals surface area contributed by atoms with E-state index in [4.69, 9.17) is 14.2 Å². The van der Waals surface area contributed by atoms with E-state index in [0.717, 1.165) is 16.7 Å². The zero-order valence-corrected chi connectivity index (χ0v) is 19.5. The summed E-state index contributed by atoms with van der Waals surface area (Å²) in [6, 6.07) is 18.0. The Balaban J connectivity index is 1.76. The molecular weight excluding hydrogens is 432 g/mol. The summed E-state index contributed by atoms with van der Waals surface area (Å²) in [5.74, 6) is 0.779. The molecule has 0 unspecified atom stereocenters. The highest BCUT2D eigenvalue weighted by molar-refractivity contribution is 6.01. The Bertz CT molecular complexity index is 1290. The van der Waals surface area contributed by atoms with E-state index in [1.165, 1.54) is 0 Å². The third-order valence-electron chi connectivity index (χ3n) is 7.02. The van der Waals surface area contributed by atoms with Crippen LogP contribution in [0.15, 0.2) is 60.7 Å². The van der Waals surface area contributed by atoms with E-state index in [-0.39, 0.29) is 17.7 Å². The number of benzene rings is 3. The minimum Gasteiger partial charge on any atom is -0.493 e. The molecule has 3 aromatic rings. The van der Waals surface area contributed by atoms with Crippen molar-refractivity contribution in [3.8, 4) is 17.2 Å². The molecule has 34 heavy (non-hydrogen) atoms. The maximum absolute atomic E-state index is 13.3. The van der Waals surface area contributed by atoms with Crippen molar-refractivity contribution in [3.63, 3.8) is 0 Å². The van der Waals surface area contributed by atoms with Gasteiger partial charge >= 0.3 is 0 Å². The zero-order chi connectivity index (χ0) is 24.0. The Hall–Kier alpha value is -4.00. The van der Waals surface area contributed by atoms with Gasteiger partial charge in [0, 0.05) is 22.6 Å². The summed E-state index contributed by atoms with van der Waals surface area (Å²) in [6.45, 7) is 2.02. The predicted molar refractivity (Wildman–Crippen MR) is 127 cm³/mol. The van der Waals surface area contributed by atoms with Crippen molar-refractivity contribution in [2.24, 2.45) is 5.92 Å². The minimum atomic E-state index is -0.871. The van der Waals surface area contributed by atoms with Gasteiger partial charge in [-0.25, -0.2) is 0 Å². The van der Waals surface area contributed by atoms with Gasteiger partial charge in [0.2, 0.25) is 5.75 Å². The number of ether oxygens (including phenoxy) is 3. The second kappa shape index (κ2) is 8.09. The quantitative estimate of drug-likeness (QED) is 0.607. The van der Waals surface area contributed by atoms with Crippen molar-refractivity contribution in [2.75, 3.05) is 21.3 Å². The molecule has 1 spiro atoms. The lowest BCUT2D eigenvalue weighted by Gasteiger charge is -2.33. The Morgan fingerprint density at radius 2 is 1.59 bits per heavy atom. The first-order valence-corrected chi connectivity index (χ1v) is 11.1. The first kappa shape index (κ1) is 21.8. The van der Waals surface area contributed by atoms with Crippen LogP contribution in [0.5, 0.6) is 17.2 Å². The minimum absolute atomic E-state index is 0.155. The highest BCUT2D eigenvalue weighted by atomic mass is 16.5. The van der Waals surface area contributed by atoms with E-state index in [1.807, 2.05) is 55.5 Å². The van der Waals surface area contributed by atoms with E-state index in [2.05, 4.69) is 10.6 Å². The van der Waals surface area contributed by atoms with Crippen LogP contribution in [0.25, 0.3) is 0 Å². The van der Waals surface area contributed by atoms with E-state index < -0.39 is 11.6 Å². The smallest absolute Gasteiger partial charge is 0.252 e. The van der Waals surface area contributed by atoms with Crippen LogP contribution in [0.2, 0.25) is 0 Å².